The SMILES string of the molecule is CCN1CC(=O)N(C2CCN(C(=O)c3cc(C=O)ccc3F)C2)C1=O. The number of urea groups is 1. The Labute approximate surface area is 144 Å². The van der Waals surface area contributed by atoms with Crippen LogP contribution < -0.4 is 0 Å². The van der Waals surface area contributed by atoms with E-state index in [2.05, 4.69) is 0 Å². The van der Waals surface area contributed by atoms with Crippen molar-refractivity contribution in [1.82, 2.24) is 14.7 Å². The predicted octanol–water partition coefficient (Wildman–Crippen LogP) is 1.14. The van der Waals surface area contributed by atoms with Crippen molar-refractivity contribution in [3.63, 3.8) is 0 Å². The van der Waals surface area contributed by atoms with Gasteiger partial charge in [0.15, 0.2) is 0 Å². The van der Waals surface area contributed by atoms with Gasteiger partial charge in [0.2, 0.25) is 0 Å². The van der Waals surface area contributed by atoms with Crippen molar-refractivity contribution in [3.05, 3.63) is 35.1 Å². The maximum atomic E-state index is 13.9. The molecule has 0 radical (unpaired) electrons. The second-order valence-corrected chi connectivity index (χ2v) is 6.11. The van der Waals surface area contributed by atoms with Gasteiger partial charge in [-0.25, -0.2) is 9.18 Å². The number of amides is 4. The molecule has 2 saturated heterocycles. The van der Waals surface area contributed by atoms with Gasteiger partial charge < -0.3 is 9.80 Å². The van der Waals surface area contributed by atoms with Crippen LogP contribution in [0.15, 0.2) is 18.2 Å². The topological polar surface area (TPSA) is 78.0 Å². The first-order chi connectivity index (χ1) is 12.0. The van der Waals surface area contributed by atoms with Crippen LogP contribution in [0.4, 0.5) is 9.18 Å². The molecule has 2 aliphatic rings. The summed E-state index contributed by atoms with van der Waals surface area (Å²) in [6.07, 6.45) is 1.000. The number of hydrogen-bond acceptors (Lipinski definition) is 4. The number of carbonyl (C=O) groups is 4. The zero-order valence-electron chi connectivity index (χ0n) is 13.8. The lowest BCUT2D eigenvalue weighted by molar-refractivity contribution is -0.126. The number of imide groups is 1. The molecule has 2 aliphatic heterocycles. The van der Waals surface area contributed by atoms with E-state index in [0.29, 0.717) is 25.8 Å². The number of carbonyl (C=O) groups excluding carboxylic acids is 4. The average molecular weight is 347 g/mol. The molecule has 2 fully saturated rings. The first kappa shape index (κ1) is 17.1. The fourth-order valence-electron chi connectivity index (χ4n) is 3.26. The number of likely N-dealkylation sites (N-methyl/N-ethyl adjacent to an activating group) is 1. The molecule has 0 aromatic heterocycles. The first-order valence-corrected chi connectivity index (χ1v) is 8.11. The van der Waals surface area contributed by atoms with E-state index < -0.39 is 17.8 Å². The standard InChI is InChI=1S/C17H18FN3O4/c1-2-19-9-15(23)21(17(19)25)12-5-6-20(8-12)16(24)13-7-11(10-22)3-4-14(13)18/h3-4,7,10,12H,2,5-6,8-9H2,1H3. The third-order valence-corrected chi connectivity index (χ3v) is 4.63. The van der Waals surface area contributed by atoms with Crippen molar-refractivity contribution in [1.29, 1.82) is 0 Å². The predicted molar refractivity (Wildman–Crippen MR) is 85.6 cm³/mol. The van der Waals surface area contributed by atoms with Gasteiger partial charge in [0, 0.05) is 25.2 Å². The Kier molecular flexibility index (Phi) is 4.52. The van der Waals surface area contributed by atoms with Crippen molar-refractivity contribution >= 4 is 24.1 Å². The smallest absolute Gasteiger partial charge is 0.327 e. The molecule has 25 heavy (non-hydrogen) atoms. The number of nitrogens with zero attached hydrogens (tertiary/aromatic N) is 3. The zero-order valence-corrected chi connectivity index (χ0v) is 13.8. The summed E-state index contributed by atoms with van der Waals surface area (Å²) in [5.41, 5.74) is 0.0310. The van der Waals surface area contributed by atoms with Gasteiger partial charge in [-0.2, -0.15) is 0 Å². The number of benzene rings is 1. The van der Waals surface area contributed by atoms with Gasteiger partial charge in [0.1, 0.15) is 18.6 Å². The Morgan fingerprint density at radius 2 is 2.12 bits per heavy atom. The third kappa shape index (κ3) is 2.99. The van der Waals surface area contributed by atoms with Crippen LogP contribution in [0, 0.1) is 5.82 Å². The number of rotatable bonds is 4. The minimum atomic E-state index is -0.704. The van der Waals surface area contributed by atoms with Crippen molar-refractivity contribution in [2.75, 3.05) is 26.2 Å². The quantitative estimate of drug-likeness (QED) is 0.604. The number of likely N-dealkylation sites (tertiary alicyclic amines) is 1. The minimum Gasteiger partial charge on any atom is -0.336 e. The van der Waals surface area contributed by atoms with Crippen LogP contribution in [0.2, 0.25) is 0 Å². The van der Waals surface area contributed by atoms with Gasteiger partial charge >= 0.3 is 6.03 Å². The highest BCUT2D eigenvalue weighted by atomic mass is 19.1. The number of hydrogen-bond donors (Lipinski definition) is 0. The molecule has 7 nitrogen and oxygen atoms in total. The zero-order chi connectivity index (χ0) is 18.1. The lowest BCUT2D eigenvalue weighted by Crippen LogP contribution is -2.43. The molecule has 0 saturated carbocycles. The lowest BCUT2D eigenvalue weighted by Gasteiger charge is -2.23. The number of halogens is 1. The van der Waals surface area contributed by atoms with E-state index in [1.54, 1.807) is 6.92 Å². The number of aldehydes is 1. The van der Waals surface area contributed by atoms with E-state index in [1.807, 2.05) is 0 Å². The van der Waals surface area contributed by atoms with Crippen LogP contribution >= 0.6 is 0 Å². The molecule has 3 rings (SSSR count). The molecular formula is C17H18FN3O4. The molecule has 132 valence electrons. The molecule has 1 aromatic rings. The fourth-order valence-corrected chi connectivity index (χ4v) is 3.26. The summed E-state index contributed by atoms with van der Waals surface area (Å²) in [6.45, 7) is 2.77. The van der Waals surface area contributed by atoms with Gasteiger partial charge in [-0.3, -0.25) is 19.3 Å². The first-order valence-electron chi connectivity index (χ1n) is 8.11. The Hall–Kier alpha value is -2.77. The summed E-state index contributed by atoms with van der Waals surface area (Å²) < 4.78 is 13.9. The maximum Gasteiger partial charge on any atom is 0.327 e. The summed E-state index contributed by atoms with van der Waals surface area (Å²) >= 11 is 0. The maximum absolute atomic E-state index is 13.9. The van der Waals surface area contributed by atoms with Crippen molar-refractivity contribution < 1.29 is 23.6 Å². The molecule has 0 N–H and O–H groups in total. The van der Waals surface area contributed by atoms with Gasteiger partial charge in [0.25, 0.3) is 11.8 Å². The second kappa shape index (κ2) is 6.62. The van der Waals surface area contributed by atoms with Gasteiger partial charge in [-0.1, -0.05) is 0 Å². The molecule has 2 heterocycles. The van der Waals surface area contributed by atoms with Crippen LogP contribution in [-0.4, -0.2) is 71.1 Å². The fraction of sp³-hybridized carbons (Fsp3) is 0.412. The van der Waals surface area contributed by atoms with Gasteiger partial charge in [-0.15, -0.1) is 0 Å². The lowest BCUT2D eigenvalue weighted by atomic mass is 10.1. The molecule has 4 amide bonds. The van der Waals surface area contributed by atoms with Crippen LogP contribution in [0.1, 0.15) is 34.1 Å². The van der Waals surface area contributed by atoms with Crippen molar-refractivity contribution in [2.45, 2.75) is 19.4 Å². The van der Waals surface area contributed by atoms with E-state index in [1.165, 1.54) is 26.8 Å². The van der Waals surface area contributed by atoms with Gasteiger partial charge in [0.05, 0.1) is 11.6 Å². The molecule has 1 aromatic carbocycles. The highest BCUT2D eigenvalue weighted by Gasteiger charge is 2.43. The Morgan fingerprint density at radius 1 is 1.36 bits per heavy atom. The van der Waals surface area contributed by atoms with Crippen molar-refractivity contribution in [2.24, 2.45) is 0 Å². The summed E-state index contributed by atoms with van der Waals surface area (Å²) in [6, 6.07) is 2.84. The molecular weight excluding hydrogens is 329 g/mol. The van der Waals surface area contributed by atoms with Crippen LogP contribution in [0.3, 0.4) is 0 Å². The molecule has 1 atom stereocenters. The largest absolute Gasteiger partial charge is 0.336 e. The Morgan fingerprint density at radius 3 is 2.76 bits per heavy atom. The molecule has 8 heteroatoms. The summed E-state index contributed by atoms with van der Waals surface area (Å²) in [7, 11) is 0. The van der Waals surface area contributed by atoms with E-state index in [-0.39, 0.29) is 36.2 Å². The Balaban J connectivity index is 1.75. The highest BCUT2D eigenvalue weighted by Crippen LogP contribution is 2.23. The van der Waals surface area contributed by atoms with E-state index >= 15 is 0 Å². The minimum absolute atomic E-state index is 0.0514. The van der Waals surface area contributed by atoms with E-state index in [9.17, 15) is 23.6 Å². The second-order valence-electron chi connectivity index (χ2n) is 6.11. The monoisotopic (exact) mass is 347 g/mol. The third-order valence-electron chi connectivity index (χ3n) is 4.63. The van der Waals surface area contributed by atoms with Gasteiger partial charge in [-0.05, 0) is 31.5 Å². The van der Waals surface area contributed by atoms with Crippen LogP contribution in [-0.2, 0) is 4.79 Å². The summed E-state index contributed by atoms with van der Waals surface area (Å²) in [5, 5.41) is 0. The molecule has 0 aliphatic carbocycles. The summed E-state index contributed by atoms with van der Waals surface area (Å²) in [4.78, 5) is 51.8. The van der Waals surface area contributed by atoms with Crippen LogP contribution in [0.25, 0.3) is 0 Å². The summed E-state index contributed by atoms with van der Waals surface area (Å²) in [5.74, 6) is -1.53. The van der Waals surface area contributed by atoms with Crippen LogP contribution in [0.5, 0.6) is 0 Å². The normalized spacial score (nSPS) is 20.6. The molecule has 0 bridgehead atoms. The van der Waals surface area contributed by atoms with E-state index in [4.69, 9.17) is 0 Å². The molecule has 0 spiro atoms. The van der Waals surface area contributed by atoms with E-state index in [0.717, 1.165) is 6.07 Å². The average Bonchev–Trinajstić information content (AvgIpc) is 3.19. The Bertz CT molecular complexity index is 751. The van der Waals surface area contributed by atoms with Crippen molar-refractivity contribution in [3.8, 4) is 0 Å². The molecule has 1 unspecified atom stereocenters. The highest BCUT2D eigenvalue weighted by molar-refractivity contribution is 6.02.